The molecule has 0 bridgehead atoms. The van der Waals surface area contributed by atoms with Crippen molar-refractivity contribution in [1.82, 2.24) is 0 Å². The first-order valence-corrected chi connectivity index (χ1v) is 6.07. The van der Waals surface area contributed by atoms with Crippen LogP contribution in [0.1, 0.15) is 19.4 Å². The third-order valence-electron chi connectivity index (χ3n) is 3.14. The molecule has 0 aromatic heterocycles. The highest BCUT2D eigenvalue weighted by molar-refractivity contribution is 5.50. The predicted molar refractivity (Wildman–Crippen MR) is 71.6 cm³/mol. The smallest absolute Gasteiger partial charge is 0.121 e. The maximum absolute atomic E-state index is 9.25. The van der Waals surface area contributed by atoms with Gasteiger partial charge in [0, 0.05) is 24.8 Å². The Morgan fingerprint density at radius 2 is 2.06 bits per heavy atom. The molecule has 3 nitrogen and oxygen atoms in total. The second-order valence-corrected chi connectivity index (χ2v) is 4.75. The number of aryl methyl sites for hydroxylation is 1. The van der Waals surface area contributed by atoms with Crippen LogP contribution in [-0.4, -0.2) is 25.4 Å². The second-order valence-electron chi connectivity index (χ2n) is 4.75. The fourth-order valence-electron chi connectivity index (χ4n) is 1.75. The van der Waals surface area contributed by atoms with Crippen molar-refractivity contribution in [1.29, 1.82) is 0 Å². The maximum Gasteiger partial charge on any atom is 0.121 e. The molecule has 1 aromatic rings. The summed E-state index contributed by atoms with van der Waals surface area (Å²) in [4.78, 5) is 0. The monoisotopic (exact) mass is 237 g/mol. The third-order valence-corrected chi connectivity index (χ3v) is 3.14. The lowest BCUT2D eigenvalue weighted by Gasteiger charge is -2.19. The Labute approximate surface area is 104 Å². The Balaban J connectivity index is 2.60. The van der Waals surface area contributed by atoms with Gasteiger partial charge in [0.2, 0.25) is 0 Å². The quantitative estimate of drug-likeness (QED) is 0.799. The van der Waals surface area contributed by atoms with Crippen molar-refractivity contribution in [3.8, 4) is 5.75 Å². The summed E-state index contributed by atoms with van der Waals surface area (Å²) in [6.45, 7) is 7.29. The summed E-state index contributed by atoms with van der Waals surface area (Å²) in [6.07, 6.45) is 0. The SMILES string of the molecule is COc1ccc(NCC(CO)C(C)C)cc1C. The minimum atomic E-state index is 0.222. The van der Waals surface area contributed by atoms with Gasteiger partial charge in [0.1, 0.15) is 5.75 Å². The van der Waals surface area contributed by atoms with E-state index in [0.29, 0.717) is 5.92 Å². The summed E-state index contributed by atoms with van der Waals surface area (Å²) in [5.74, 6) is 1.67. The zero-order valence-electron chi connectivity index (χ0n) is 11.2. The lowest BCUT2D eigenvalue weighted by atomic mass is 9.97. The number of aliphatic hydroxyl groups excluding tert-OH is 1. The zero-order chi connectivity index (χ0) is 12.8. The first-order valence-electron chi connectivity index (χ1n) is 6.07. The number of anilines is 1. The molecular formula is C14H23NO2. The van der Waals surface area contributed by atoms with Crippen molar-refractivity contribution in [3.63, 3.8) is 0 Å². The summed E-state index contributed by atoms with van der Waals surface area (Å²) >= 11 is 0. The Bertz CT molecular complexity index is 350. The summed E-state index contributed by atoms with van der Waals surface area (Å²) in [5.41, 5.74) is 2.19. The van der Waals surface area contributed by atoms with Crippen LogP contribution in [0, 0.1) is 18.8 Å². The molecule has 0 fully saturated rings. The molecule has 1 atom stereocenters. The van der Waals surface area contributed by atoms with Crippen LogP contribution < -0.4 is 10.1 Å². The zero-order valence-corrected chi connectivity index (χ0v) is 11.2. The van der Waals surface area contributed by atoms with Crippen molar-refractivity contribution in [3.05, 3.63) is 23.8 Å². The van der Waals surface area contributed by atoms with Crippen LogP contribution in [-0.2, 0) is 0 Å². The highest BCUT2D eigenvalue weighted by Gasteiger charge is 2.11. The van der Waals surface area contributed by atoms with Crippen molar-refractivity contribution < 1.29 is 9.84 Å². The molecule has 1 rings (SSSR count). The number of benzene rings is 1. The largest absolute Gasteiger partial charge is 0.496 e. The molecule has 0 saturated carbocycles. The first kappa shape index (κ1) is 13.8. The lowest BCUT2D eigenvalue weighted by Crippen LogP contribution is -2.22. The van der Waals surface area contributed by atoms with E-state index in [1.54, 1.807) is 7.11 Å². The number of ether oxygens (including phenoxy) is 1. The average Bonchev–Trinajstić information content (AvgIpc) is 2.29. The Morgan fingerprint density at radius 1 is 1.35 bits per heavy atom. The molecule has 0 saturated heterocycles. The number of nitrogens with one attached hydrogen (secondary N) is 1. The topological polar surface area (TPSA) is 41.5 Å². The molecule has 96 valence electrons. The Hall–Kier alpha value is -1.22. The van der Waals surface area contributed by atoms with Crippen molar-refractivity contribution in [2.24, 2.45) is 11.8 Å². The molecule has 0 radical (unpaired) electrons. The molecule has 2 N–H and O–H groups in total. The van der Waals surface area contributed by atoms with Gasteiger partial charge in [0.05, 0.1) is 7.11 Å². The number of aliphatic hydroxyl groups is 1. The van der Waals surface area contributed by atoms with Crippen LogP contribution in [0.15, 0.2) is 18.2 Å². The molecule has 0 aliphatic rings. The van der Waals surface area contributed by atoms with Crippen molar-refractivity contribution >= 4 is 5.69 Å². The standard InChI is InChI=1S/C14H23NO2/c1-10(2)12(9-16)8-15-13-5-6-14(17-4)11(3)7-13/h5-7,10,12,15-16H,8-9H2,1-4H3. The summed E-state index contributed by atoms with van der Waals surface area (Å²) < 4.78 is 5.22. The van der Waals surface area contributed by atoms with Crippen LogP contribution in [0.25, 0.3) is 0 Å². The Morgan fingerprint density at radius 3 is 2.53 bits per heavy atom. The van der Waals surface area contributed by atoms with Gasteiger partial charge in [-0.2, -0.15) is 0 Å². The molecule has 1 unspecified atom stereocenters. The van der Waals surface area contributed by atoms with Gasteiger partial charge in [-0.3, -0.25) is 0 Å². The van der Waals surface area contributed by atoms with Gasteiger partial charge in [-0.15, -0.1) is 0 Å². The van der Waals surface area contributed by atoms with Crippen molar-refractivity contribution in [2.45, 2.75) is 20.8 Å². The molecular weight excluding hydrogens is 214 g/mol. The van der Waals surface area contributed by atoms with Gasteiger partial charge >= 0.3 is 0 Å². The molecule has 0 heterocycles. The van der Waals surface area contributed by atoms with E-state index in [9.17, 15) is 5.11 Å². The van der Waals surface area contributed by atoms with Gasteiger partial charge in [-0.1, -0.05) is 13.8 Å². The van der Waals surface area contributed by atoms with E-state index in [1.165, 1.54) is 0 Å². The number of methoxy groups -OCH3 is 1. The fourth-order valence-corrected chi connectivity index (χ4v) is 1.75. The number of hydrogen-bond acceptors (Lipinski definition) is 3. The van der Waals surface area contributed by atoms with Crippen LogP contribution in [0.4, 0.5) is 5.69 Å². The molecule has 3 heteroatoms. The lowest BCUT2D eigenvalue weighted by molar-refractivity contribution is 0.198. The van der Waals surface area contributed by atoms with Crippen LogP contribution in [0.5, 0.6) is 5.75 Å². The van der Waals surface area contributed by atoms with Gasteiger partial charge in [-0.05, 0) is 36.6 Å². The minimum absolute atomic E-state index is 0.222. The fraction of sp³-hybridized carbons (Fsp3) is 0.571. The third kappa shape index (κ3) is 3.93. The van der Waals surface area contributed by atoms with Crippen LogP contribution >= 0.6 is 0 Å². The van der Waals surface area contributed by atoms with E-state index >= 15 is 0 Å². The van der Waals surface area contributed by atoms with E-state index in [-0.39, 0.29) is 12.5 Å². The highest BCUT2D eigenvalue weighted by atomic mass is 16.5. The van der Waals surface area contributed by atoms with E-state index < -0.39 is 0 Å². The van der Waals surface area contributed by atoms with Crippen LogP contribution in [0.3, 0.4) is 0 Å². The highest BCUT2D eigenvalue weighted by Crippen LogP contribution is 2.22. The summed E-state index contributed by atoms with van der Waals surface area (Å²) in [7, 11) is 1.68. The predicted octanol–water partition coefficient (Wildman–Crippen LogP) is 2.68. The molecule has 0 amide bonds. The van der Waals surface area contributed by atoms with E-state index in [2.05, 4.69) is 25.2 Å². The molecule has 17 heavy (non-hydrogen) atoms. The summed E-state index contributed by atoms with van der Waals surface area (Å²) in [6, 6.07) is 6.02. The van der Waals surface area contributed by atoms with Gasteiger partial charge in [-0.25, -0.2) is 0 Å². The molecule has 0 aliphatic heterocycles. The van der Waals surface area contributed by atoms with E-state index in [4.69, 9.17) is 4.74 Å². The summed E-state index contributed by atoms with van der Waals surface area (Å²) in [5, 5.41) is 12.6. The maximum atomic E-state index is 9.25. The molecule has 0 aliphatic carbocycles. The van der Waals surface area contributed by atoms with E-state index in [0.717, 1.165) is 23.5 Å². The van der Waals surface area contributed by atoms with Gasteiger partial charge in [0.15, 0.2) is 0 Å². The minimum Gasteiger partial charge on any atom is -0.496 e. The van der Waals surface area contributed by atoms with Crippen LogP contribution in [0.2, 0.25) is 0 Å². The average molecular weight is 237 g/mol. The van der Waals surface area contributed by atoms with E-state index in [1.807, 2.05) is 19.1 Å². The number of rotatable bonds is 6. The second kappa shape index (κ2) is 6.50. The number of hydrogen-bond donors (Lipinski definition) is 2. The van der Waals surface area contributed by atoms with Gasteiger partial charge < -0.3 is 15.2 Å². The Kier molecular flexibility index (Phi) is 5.29. The molecule has 0 spiro atoms. The van der Waals surface area contributed by atoms with Crippen molar-refractivity contribution in [2.75, 3.05) is 25.6 Å². The first-order chi connectivity index (χ1) is 8.08. The van der Waals surface area contributed by atoms with Gasteiger partial charge in [0.25, 0.3) is 0 Å². The normalized spacial score (nSPS) is 12.6. The molecule has 1 aromatic carbocycles.